The van der Waals surface area contributed by atoms with Crippen LogP contribution < -0.4 is 16.1 Å². The van der Waals surface area contributed by atoms with Gasteiger partial charge in [0.25, 0.3) is 0 Å². The highest BCUT2D eigenvalue weighted by atomic mass is 16.3. The van der Waals surface area contributed by atoms with Crippen LogP contribution in [0.4, 0.5) is 0 Å². The molecule has 0 aliphatic rings. The zero-order valence-electron chi connectivity index (χ0n) is 8.70. The molecular formula is C12H14O2. The van der Waals surface area contributed by atoms with Crippen molar-refractivity contribution in [3.05, 3.63) is 44.8 Å². The molecule has 2 nitrogen and oxygen atoms in total. The van der Waals surface area contributed by atoms with E-state index in [4.69, 9.17) is 4.42 Å². The maximum atomic E-state index is 11.5. The summed E-state index contributed by atoms with van der Waals surface area (Å²) < 4.78 is 5.44. The molecule has 1 rings (SSSR count). The average molecular weight is 190 g/mol. The first-order chi connectivity index (χ1) is 6.69. The van der Waals surface area contributed by atoms with E-state index in [1.807, 2.05) is 26.0 Å². The summed E-state index contributed by atoms with van der Waals surface area (Å²) in [6, 6.07) is 1.50. The Morgan fingerprint density at radius 3 is 2.64 bits per heavy atom. The van der Waals surface area contributed by atoms with Crippen molar-refractivity contribution in [2.24, 2.45) is 0 Å². The lowest BCUT2D eigenvalue weighted by atomic mass is 10.3. The van der Waals surface area contributed by atoms with Crippen LogP contribution in [0.1, 0.15) is 19.6 Å². The molecule has 1 aromatic rings. The van der Waals surface area contributed by atoms with Crippen molar-refractivity contribution in [1.29, 1.82) is 0 Å². The standard InChI is InChI=1S/C12H14O2/c1-4-6-7-12-10(5-2)11(13)8-9(3)14-12/h4-8H,1-3H3/b6-4-,10-5-,12-7+. The Hall–Kier alpha value is -1.57. The summed E-state index contributed by atoms with van der Waals surface area (Å²) in [6.07, 6.45) is 7.30. The monoisotopic (exact) mass is 190 g/mol. The number of aryl methyl sites for hydroxylation is 1. The van der Waals surface area contributed by atoms with E-state index in [9.17, 15) is 4.79 Å². The number of hydrogen-bond acceptors (Lipinski definition) is 2. The molecule has 14 heavy (non-hydrogen) atoms. The van der Waals surface area contributed by atoms with Gasteiger partial charge >= 0.3 is 0 Å². The molecule has 0 saturated carbocycles. The molecule has 0 aliphatic carbocycles. The van der Waals surface area contributed by atoms with Crippen LogP contribution in [0.2, 0.25) is 0 Å². The highest BCUT2D eigenvalue weighted by molar-refractivity contribution is 5.35. The fourth-order valence-corrected chi connectivity index (χ4v) is 1.23. The van der Waals surface area contributed by atoms with E-state index in [-0.39, 0.29) is 5.43 Å². The molecule has 0 fully saturated rings. The van der Waals surface area contributed by atoms with E-state index in [1.165, 1.54) is 6.07 Å². The molecule has 0 atom stereocenters. The molecular weight excluding hydrogens is 176 g/mol. The van der Waals surface area contributed by atoms with Gasteiger partial charge in [-0.25, -0.2) is 0 Å². The minimum Gasteiger partial charge on any atom is -0.461 e. The Kier molecular flexibility index (Phi) is 3.46. The molecule has 1 heterocycles. The Morgan fingerprint density at radius 1 is 1.36 bits per heavy atom. The van der Waals surface area contributed by atoms with Crippen molar-refractivity contribution in [3.8, 4) is 0 Å². The minimum atomic E-state index is 0.00648. The second kappa shape index (κ2) is 4.61. The van der Waals surface area contributed by atoms with Crippen LogP contribution >= 0.6 is 0 Å². The smallest absolute Gasteiger partial charge is 0.192 e. The summed E-state index contributed by atoms with van der Waals surface area (Å²) in [7, 11) is 0. The van der Waals surface area contributed by atoms with Crippen molar-refractivity contribution in [2.75, 3.05) is 0 Å². The van der Waals surface area contributed by atoms with Gasteiger partial charge in [-0.15, -0.1) is 0 Å². The van der Waals surface area contributed by atoms with Gasteiger partial charge in [0, 0.05) is 6.07 Å². The maximum absolute atomic E-state index is 11.5. The molecule has 0 N–H and O–H groups in total. The summed E-state index contributed by atoms with van der Waals surface area (Å²) in [4.78, 5) is 11.5. The third kappa shape index (κ3) is 2.22. The highest BCUT2D eigenvalue weighted by Crippen LogP contribution is 1.82. The van der Waals surface area contributed by atoms with Gasteiger partial charge in [0.1, 0.15) is 11.2 Å². The zero-order valence-corrected chi connectivity index (χ0v) is 8.70. The van der Waals surface area contributed by atoms with Crippen molar-refractivity contribution in [1.82, 2.24) is 0 Å². The normalized spacial score (nSPS) is 14.2. The Balaban J connectivity index is 3.66. The molecule has 0 aliphatic heterocycles. The van der Waals surface area contributed by atoms with Crippen LogP contribution in [0, 0.1) is 6.92 Å². The number of allylic oxidation sites excluding steroid dienone is 2. The molecule has 74 valence electrons. The first-order valence-corrected chi connectivity index (χ1v) is 4.59. The summed E-state index contributed by atoms with van der Waals surface area (Å²) in [6.45, 7) is 5.52. The third-order valence-corrected chi connectivity index (χ3v) is 1.86. The van der Waals surface area contributed by atoms with Gasteiger partial charge in [0.15, 0.2) is 5.43 Å². The van der Waals surface area contributed by atoms with Crippen LogP contribution in [-0.2, 0) is 0 Å². The lowest BCUT2D eigenvalue weighted by Gasteiger charge is -1.92. The van der Waals surface area contributed by atoms with Gasteiger partial charge in [-0.3, -0.25) is 4.79 Å². The third-order valence-electron chi connectivity index (χ3n) is 1.86. The van der Waals surface area contributed by atoms with Crippen LogP contribution in [0.5, 0.6) is 0 Å². The molecule has 0 bridgehead atoms. The van der Waals surface area contributed by atoms with Gasteiger partial charge in [-0.05, 0) is 26.8 Å². The fourth-order valence-electron chi connectivity index (χ4n) is 1.23. The number of rotatable bonds is 1. The molecule has 2 heteroatoms. The Labute approximate surface area is 82.9 Å². The van der Waals surface area contributed by atoms with Gasteiger partial charge < -0.3 is 4.42 Å². The zero-order chi connectivity index (χ0) is 10.6. The SMILES string of the molecule is C\C=C/C=c1/oc(C)cc(=O)/c1=C/C. The molecule has 0 aromatic carbocycles. The average Bonchev–Trinajstić information content (AvgIpc) is 2.14. The molecule has 0 radical (unpaired) electrons. The summed E-state index contributed by atoms with van der Waals surface area (Å²) >= 11 is 0. The second-order valence-corrected chi connectivity index (χ2v) is 2.98. The maximum Gasteiger partial charge on any atom is 0.192 e. The van der Waals surface area contributed by atoms with E-state index in [2.05, 4.69) is 0 Å². The van der Waals surface area contributed by atoms with Crippen LogP contribution in [-0.4, -0.2) is 0 Å². The molecule has 0 spiro atoms. The largest absolute Gasteiger partial charge is 0.461 e. The fraction of sp³-hybridized carbons (Fsp3) is 0.250. The van der Waals surface area contributed by atoms with Crippen molar-refractivity contribution >= 4 is 12.2 Å². The lowest BCUT2D eigenvalue weighted by Crippen LogP contribution is -2.38. The van der Waals surface area contributed by atoms with Gasteiger partial charge in [0.05, 0.1) is 5.22 Å². The lowest BCUT2D eigenvalue weighted by molar-refractivity contribution is 0.477. The topological polar surface area (TPSA) is 30.2 Å². The predicted molar refractivity (Wildman–Crippen MR) is 58.4 cm³/mol. The van der Waals surface area contributed by atoms with Gasteiger partial charge in [0.2, 0.25) is 0 Å². The van der Waals surface area contributed by atoms with Crippen molar-refractivity contribution < 1.29 is 4.42 Å². The summed E-state index contributed by atoms with van der Waals surface area (Å²) in [5.74, 6) is 0.636. The first-order valence-electron chi connectivity index (χ1n) is 4.59. The summed E-state index contributed by atoms with van der Waals surface area (Å²) in [5.41, 5.74) is 0.627. The van der Waals surface area contributed by atoms with E-state index >= 15 is 0 Å². The van der Waals surface area contributed by atoms with Crippen molar-refractivity contribution in [2.45, 2.75) is 20.8 Å². The quantitative estimate of drug-likeness (QED) is 0.664. The van der Waals surface area contributed by atoms with Gasteiger partial charge in [-0.2, -0.15) is 0 Å². The predicted octanol–water partition coefficient (Wildman–Crippen LogP) is 1.11. The first kappa shape index (κ1) is 10.5. The molecule has 0 saturated heterocycles. The van der Waals surface area contributed by atoms with E-state index < -0.39 is 0 Å². The second-order valence-electron chi connectivity index (χ2n) is 2.98. The van der Waals surface area contributed by atoms with E-state index in [1.54, 1.807) is 19.1 Å². The van der Waals surface area contributed by atoms with Crippen molar-refractivity contribution in [3.63, 3.8) is 0 Å². The molecule has 0 amide bonds. The van der Waals surface area contributed by atoms with Crippen LogP contribution in [0.15, 0.2) is 27.4 Å². The highest BCUT2D eigenvalue weighted by Gasteiger charge is 1.94. The Morgan fingerprint density at radius 2 is 2.07 bits per heavy atom. The van der Waals surface area contributed by atoms with Crippen LogP contribution in [0.25, 0.3) is 12.2 Å². The minimum absolute atomic E-state index is 0.00648. The molecule has 1 aromatic heterocycles. The van der Waals surface area contributed by atoms with Gasteiger partial charge in [-0.1, -0.05) is 18.2 Å². The van der Waals surface area contributed by atoms with E-state index in [0.717, 1.165) is 0 Å². The Bertz CT molecular complexity index is 504. The number of hydrogen-bond donors (Lipinski definition) is 0. The van der Waals surface area contributed by atoms with Crippen LogP contribution in [0.3, 0.4) is 0 Å². The summed E-state index contributed by atoms with van der Waals surface area (Å²) in [5, 5.41) is 0.619. The molecule has 0 unspecified atom stereocenters. The van der Waals surface area contributed by atoms with E-state index in [0.29, 0.717) is 16.4 Å².